The van der Waals surface area contributed by atoms with Crippen LogP contribution in [0.3, 0.4) is 0 Å². The van der Waals surface area contributed by atoms with Crippen molar-refractivity contribution in [3.8, 4) is 5.75 Å². The minimum Gasteiger partial charge on any atom is -0.479 e. The number of benzene rings is 2. The number of amides is 1. The van der Waals surface area contributed by atoms with Crippen LogP contribution in [0.25, 0.3) is 0 Å². The number of halogens is 1. The van der Waals surface area contributed by atoms with Gasteiger partial charge in [-0.25, -0.2) is 0 Å². The van der Waals surface area contributed by atoms with E-state index in [4.69, 9.17) is 10.5 Å². The molecule has 0 spiro atoms. The first-order chi connectivity index (χ1) is 10.1. The fourth-order valence-electron chi connectivity index (χ4n) is 2.41. The van der Waals surface area contributed by atoms with Gasteiger partial charge in [-0.3, -0.25) is 4.79 Å². The Labute approximate surface area is 131 Å². The Morgan fingerprint density at radius 2 is 2.00 bits per heavy atom. The van der Waals surface area contributed by atoms with Crippen LogP contribution < -0.4 is 15.4 Å². The molecule has 1 amide bonds. The first kappa shape index (κ1) is 13.9. The van der Waals surface area contributed by atoms with Gasteiger partial charge in [-0.1, -0.05) is 24.3 Å². The molecule has 3 rings (SSSR count). The van der Waals surface area contributed by atoms with Crippen LogP contribution in [-0.2, 0) is 11.3 Å². The van der Waals surface area contributed by atoms with Crippen LogP contribution in [0.4, 0.5) is 11.4 Å². The molecular weight excluding hydrogens is 332 g/mol. The maximum Gasteiger partial charge on any atom is 0.268 e. The normalized spacial score (nSPS) is 17.3. The van der Waals surface area contributed by atoms with Gasteiger partial charge in [0.05, 0.1) is 12.2 Å². The van der Waals surface area contributed by atoms with E-state index in [2.05, 4.69) is 15.9 Å². The zero-order chi connectivity index (χ0) is 15.0. The molecule has 1 aliphatic rings. The molecular formula is C16H15BrN2O2. The lowest BCUT2D eigenvalue weighted by Crippen LogP contribution is -2.44. The molecule has 21 heavy (non-hydrogen) atoms. The van der Waals surface area contributed by atoms with Crippen LogP contribution in [0.5, 0.6) is 5.75 Å². The largest absolute Gasteiger partial charge is 0.479 e. The van der Waals surface area contributed by atoms with E-state index in [0.29, 0.717) is 12.2 Å². The van der Waals surface area contributed by atoms with Crippen molar-refractivity contribution >= 4 is 33.2 Å². The topological polar surface area (TPSA) is 55.6 Å². The molecule has 0 saturated carbocycles. The number of para-hydroxylation sites is 2. The Morgan fingerprint density at radius 3 is 2.81 bits per heavy atom. The molecule has 4 nitrogen and oxygen atoms in total. The highest BCUT2D eigenvalue weighted by atomic mass is 79.9. The second-order valence-electron chi connectivity index (χ2n) is 4.97. The molecule has 0 radical (unpaired) electrons. The van der Waals surface area contributed by atoms with E-state index < -0.39 is 6.10 Å². The number of hydrogen-bond donors (Lipinski definition) is 1. The van der Waals surface area contributed by atoms with Crippen molar-refractivity contribution in [3.63, 3.8) is 0 Å². The standard InChI is InChI=1S/C16H15BrN2O2/c1-10-16(20)19(13-7-2-3-8-14(13)21-10)9-11-5-4-6-12(18)15(11)17/h2-8,10H,9,18H2,1H3. The van der Waals surface area contributed by atoms with Crippen LogP contribution in [0.1, 0.15) is 12.5 Å². The fourth-order valence-corrected chi connectivity index (χ4v) is 2.80. The summed E-state index contributed by atoms with van der Waals surface area (Å²) in [6.45, 7) is 2.22. The number of rotatable bonds is 2. The van der Waals surface area contributed by atoms with E-state index in [-0.39, 0.29) is 5.91 Å². The lowest BCUT2D eigenvalue weighted by Gasteiger charge is -2.33. The molecule has 1 unspecified atom stereocenters. The minimum atomic E-state index is -0.486. The second kappa shape index (κ2) is 5.41. The molecule has 5 heteroatoms. The summed E-state index contributed by atoms with van der Waals surface area (Å²) in [6.07, 6.45) is -0.486. The molecule has 2 aromatic carbocycles. The van der Waals surface area contributed by atoms with Crippen molar-refractivity contribution in [3.05, 3.63) is 52.5 Å². The smallest absolute Gasteiger partial charge is 0.268 e. The average Bonchev–Trinajstić information content (AvgIpc) is 2.48. The van der Waals surface area contributed by atoms with Crippen LogP contribution in [-0.4, -0.2) is 12.0 Å². The predicted octanol–water partition coefficient (Wildman–Crippen LogP) is 3.35. The number of ether oxygens (including phenoxy) is 1. The Bertz CT molecular complexity index is 702. The van der Waals surface area contributed by atoms with E-state index in [0.717, 1.165) is 21.5 Å². The maximum absolute atomic E-state index is 12.4. The van der Waals surface area contributed by atoms with Crippen LogP contribution in [0.2, 0.25) is 0 Å². The van der Waals surface area contributed by atoms with Crippen molar-refractivity contribution in [1.29, 1.82) is 0 Å². The van der Waals surface area contributed by atoms with E-state index in [1.54, 1.807) is 11.8 Å². The third-order valence-corrected chi connectivity index (χ3v) is 4.48. The maximum atomic E-state index is 12.4. The number of nitrogens with zero attached hydrogens (tertiary/aromatic N) is 1. The van der Waals surface area contributed by atoms with Crippen LogP contribution in [0, 0.1) is 0 Å². The third kappa shape index (κ3) is 2.49. The fraction of sp³-hybridized carbons (Fsp3) is 0.188. The second-order valence-corrected chi connectivity index (χ2v) is 5.77. The summed E-state index contributed by atoms with van der Waals surface area (Å²) in [5.74, 6) is 0.674. The van der Waals surface area contributed by atoms with E-state index in [1.807, 2.05) is 42.5 Å². The van der Waals surface area contributed by atoms with Gasteiger partial charge in [-0.2, -0.15) is 0 Å². The summed E-state index contributed by atoms with van der Waals surface area (Å²) >= 11 is 3.49. The zero-order valence-corrected chi connectivity index (χ0v) is 13.1. The molecule has 0 bridgehead atoms. The summed E-state index contributed by atoms with van der Waals surface area (Å²) in [6, 6.07) is 13.2. The molecule has 2 N–H and O–H groups in total. The number of fused-ring (bicyclic) bond motifs is 1. The van der Waals surface area contributed by atoms with Crippen molar-refractivity contribution in [2.75, 3.05) is 10.6 Å². The monoisotopic (exact) mass is 346 g/mol. The van der Waals surface area contributed by atoms with E-state index in [9.17, 15) is 4.79 Å². The van der Waals surface area contributed by atoms with Gasteiger partial charge in [-0.15, -0.1) is 0 Å². The first-order valence-corrected chi connectivity index (χ1v) is 7.47. The van der Waals surface area contributed by atoms with E-state index >= 15 is 0 Å². The van der Waals surface area contributed by atoms with Gasteiger partial charge in [0.25, 0.3) is 5.91 Å². The van der Waals surface area contributed by atoms with Crippen LogP contribution in [0.15, 0.2) is 46.9 Å². The highest BCUT2D eigenvalue weighted by molar-refractivity contribution is 9.10. The summed E-state index contributed by atoms with van der Waals surface area (Å²) in [5, 5.41) is 0. The molecule has 1 atom stereocenters. The van der Waals surface area contributed by atoms with Crippen molar-refractivity contribution in [1.82, 2.24) is 0 Å². The van der Waals surface area contributed by atoms with E-state index in [1.165, 1.54) is 0 Å². The van der Waals surface area contributed by atoms with Gasteiger partial charge < -0.3 is 15.4 Å². The number of nitrogen functional groups attached to an aromatic ring is 1. The molecule has 0 saturated heterocycles. The minimum absolute atomic E-state index is 0.0528. The van der Waals surface area contributed by atoms with Gasteiger partial charge >= 0.3 is 0 Å². The third-order valence-electron chi connectivity index (χ3n) is 3.51. The van der Waals surface area contributed by atoms with Crippen molar-refractivity contribution in [2.24, 2.45) is 0 Å². The lowest BCUT2D eigenvalue weighted by molar-refractivity contribution is -0.125. The summed E-state index contributed by atoms with van der Waals surface area (Å²) in [5.41, 5.74) is 8.32. The number of hydrogen-bond acceptors (Lipinski definition) is 3. The summed E-state index contributed by atoms with van der Waals surface area (Å²) in [7, 11) is 0. The Morgan fingerprint density at radius 1 is 1.24 bits per heavy atom. The molecule has 0 fully saturated rings. The zero-order valence-electron chi connectivity index (χ0n) is 11.5. The molecule has 108 valence electrons. The molecule has 1 heterocycles. The molecule has 0 aliphatic carbocycles. The SMILES string of the molecule is CC1Oc2ccccc2N(Cc2cccc(N)c2Br)C1=O. The predicted molar refractivity (Wildman–Crippen MR) is 86.3 cm³/mol. The number of anilines is 2. The van der Waals surface area contributed by atoms with Gasteiger partial charge in [0.15, 0.2) is 6.10 Å². The van der Waals surface area contributed by atoms with Crippen LogP contribution >= 0.6 is 15.9 Å². The number of carbonyl (C=O) groups excluding carboxylic acids is 1. The van der Waals surface area contributed by atoms with Gasteiger partial charge in [0.1, 0.15) is 5.75 Å². The Hall–Kier alpha value is -2.01. The highest BCUT2D eigenvalue weighted by Gasteiger charge is 2.31. The summed E-state index contributed by atoms with van der Waals surface area (Å²) in [4.78, 5) is 14.2. The molecule has 0 aromatic heterocycles. The van der Waals surface area contributed by atoms with Gasteiger partial charge in [-0.05, 0) is 46.6 Å². The number of carbonyl (C=O) groups is 1. The number of nitrogens with two attached hydrogens (primary N) is 1. The quantitative estimate of drug-likeness (QED) is 0.848. The summed E-state index contributed by atoms with van der Waals surface area (Å²) < 4.78 is 6.47. The Kier molecular flexibility index (Phi) is 3.59. The van der Waals surface area contributed by atoms with Crippen molar-refractivity contribution < 1.29 is 9.53 Å². The van der Waals surface area contributed by atoms with Crippen molar-refractivity contribution in [2.45, 2.75) is 19.6 Å². The lowest BCUT2D eigenvalue weighted by atomic mass is 10.1. The first-order valence-electron chi connectivity index (χ1n) is 6.68. The molecule has 2 aromatic rings. The average molecular weight is 347 g/mol. The van der Waals surface area contributed by atoms with Gasteiger partial charge in [0, 0.05) is 10.2 Å². The highest BCUT2D eigenvalue weighted by Crippen LogP contribution is 2.36. The molecule has 1 aliphatic heterocycles. The Balaban J connectivity index is 2.01. The van der Waals surface area contributed by atoms with Gasteiger partial charge in [0.2, 0.25) is 0 Å².